The molecule has 60 heavy (non-hydrogen) atoms. The molecule has 1 aliphatic rings. The Balaban J connectivity index is 1.09. The fourth-order valence-electron chi connectivity index (χ4n) is 7.90. The predicted octanol–water partition coefficient (Wildman–Crippen LogP) is 14.0. The van der Waals surface area contributed by atoms with Crippen LogP contribution in [0.2, 0.25) is 0 Å². The van der Waals surface area contributed by atoms with Crippen molar-refractivity contribution in [3.63, 3.8) is 0 Å². The third-order valence-corrected chi connectivity index (χ3v) is 14.6. The van der Waals surface area contributed by atoms with Crippen LogP contribution in [0, 0.1) is 0 Å². The number of rotatable bonds is 13. The van der Waals surface area contributed by atoms with Gasteiger partial charge in [-0.2, -0.15) is 0 Å². The quantitative estimate of drug-likeness (QED) is 0.108. The second-order valence-electron chi connectivity index (χ2n) is 14.7. The van der Waals surface area contributed by atoms with Gasteiger partial charge in [0.25, 0.3) is 0 Å². The Morgan fingerprint density at radius 3 is 1.32 bits per heavy atom. The van der Waals surface area contributed by atoms with E-state index < -0.39 is 9.84 Å². The van der Waals surface area contributed by atoms with Gasteiger partial charge in [-0.3, -0.25) is 4.79 Å². The number of thiophene rings is 2. The highest BCUT2D eigenvalue weighted by molar-refractivity contribution is 7.92. The minimum atomic E-state index is -3.91. The van der Waals surface area contributed by atoms with Gasteiger partial charge in [0.05, 0.1) is 16.9 Å². The van der Waals surface area contributed by atoms with Gasteiger partial charge in [-0.25, -0.2) is 8.42 Å². The number of hydrogen-bond donors (Lipinski definition) is 0. The Kier molecular flexibility index (Phi) is 11.0. The smallest absolute Gasteiger partial charge is 0.305 e. The van der Waals surface area contributed by atoms with Crippen LogP contribution in [-0.2, 0) is 32.2 Å². The molecule has 0 radical (unpaired) electrons. The second kappa shape index (κ2) is 16.8. The van der Waals surface area contributed by atoms with Crippen molar-refractivity contribution in [1.29, 1.82) is 0 Å². The average Bonchev–Trinajstić information content (AvgIpc) is 4.07. The number of nitrogens with zero attached hydrogens (tertiary/aromatic N) is 2. The molecule has 6 aromatic carbocycles. The summed E-state index contributed by atoms with van der Waals surface area (Å²) >= 11 is 3.39. The molecule has 0 amide bonds. The maximum Gasteiger partial charge on any atom is 0.305 e. The molecule has 0 aliphatic carbocycles. The largest absolute Gasteiger partial charge is 0.469 e. The lowest BCUT2D eigenvalue weighted by atomic mass is 10.0. The van der Waals surface area contributed by atoms with E-state index >= 15 is 0 Å². The summed E-state index contributed by atoms with van der Waals surface area (Å²) in [6.07, 6.45) is 2.90. The number of esters is 1. The summed E-state index contributed by atoms with van der Waals surface area (Å²) < 4.78 is 34.4. The van der Waals surface area contributed by atoms with Gasteiger partial charge in [-0.15, -0.1) is 22.7 Å². The molecule has 0 saturated carbocycles. The van der Waals surface area contributed by atoms with Crippen molar-refractivity contribution in [3.05, 3.63) is 180 Å². The van der Waals surface area contributed by atoms with E-state index in [1.807, 2.05) is 60.7 Å². The van der Waals surface area contributed by atoms with Crippen molar-refractivity contribution in [2.45, 2.75) is 42.4 Å². The molecule has 298 valence electrons. The van der Waals surface area contributed by atoms with Crippen LogP contribution in [0.4, 0.5) is 34.1 Å². The number of anilines is 6. The maximum atomic E-state index is 14.8. The topological polar surface area (TPSA) is 66.9 Å². The Morgan fingerprint density at radius 2 is 0.933 bits per heavy atom. The molecule has 0 spiro atoms. The zero-order valence-corrected chi connectivity index (χ0v) is 35.7. The predicted molar refractivity (Wildman–Crippen MR) is 248 cm³/mol. The first-order valence-electron chi connectivity index (χ1n) is 20.0. The van der Waals surface area contributed by atoms with Crippen LogP contribution in [0.5, 0.6) is 0 Å². The Labute approximate surface area is 359 Å². The van der Waals surface area contributed by atoms with Crippen LogP contribution >= 0.6 is 22.7 Å². The van der Waals surface area contributed by atoms with E-state index in [2.05, 4.69) is 118 Å². The van der Waals surface area contributed by atoms with Gasteiger partial charge in [0.2, 0.25) is 9.84 Å². The number of fused-ring (bicyclic) bond motifs is 3. The van der Waals surface area contributed by atoms with Crippen molar-refractivity contribution in [1.82, 2.24) is 0 Å². The molecule has 0 atom stereocenters. The summed E-state index contributed by atoms with van der Waals surface area (Å²) in [4.78, 5) is 19.0. The highest BCUT2D eigenvalue weighted by atomic mass is 32.2. The van der Waals surface area contributed by atoms with Gasteiger partial charge < -0.3 is 14.5 Å². The first kappa shape index (κ1) is 39.2. The molecule has 9 heteroatoms. The summed E-state index contributed by atoms with van der Waals surface area (Å²) in [6.45, 7) is 2.18. The van der Waals surface area contributed by atoms with Crippen LogP contribution in [0.25, 0.3) is 32.0 Å². The summed E-state index contributed by atoms with van der Waals surface area (Å²) in [6, 6.07) is 53.2. The fraction of sp³-hybridized carbons (Fsp3) is 0.118. The van der Waals surface area contributed by atoms with E-state index in [1.54, 1.807) is 28.7 Å². The van der Waals surface area contributed by atoms with Crippen molar-refractivity contribution in [2.75, 3.05) is 16.9 Å². The summed E-state index contributed by atoms with van der Waals surface area (Å²) in [5.74, 6) is -0.253. The normalized spacial score (nSPS) is 12.4. The molecular weight excluding hydrogens is 801 g/mol. The molecular formula is C51H42N2O4S3. The number of methoxy groups -OCH3 is 1. The molecule has 0 fully saturated rings. The highest BCUT2D eigenvalue weighted by Gasteiger charge is 2.35. The first-order chi connectivity index (χ1) is 29.3. The minimum Gasteiger partial charge on any atom is -0.469 e. The van der Waals surface area contributed by atoms with Crippen molar-refractivity contribution in [2.24, 2.45) is 0 Å². The van der Waals surface area contributed by atoms with Crippen LogP contribution in [0.15, 0.2) is 178 Å². The molecule has 0 bridgehead atoms. The molecule has 9 rings (SSSR count). The number of ether oxygens (including phenoxy) is 1. The lowest BCUT2D eigenvalue weighted by molar-refractivity contribution is -0.140. The zero-order valence-electron chi connectivity index (χ0n) is 33.2. The van der Waals surface area contributed by atoms with E-state index in [0.29, 0.717) is 24.0 Å². The number of aryl methyl sites for hydroxylation is 2. The number of benzene rings is 6. The first-order valence-corrected chi connectivity index (χ1v) is 23.2. The molecule has 0 saturated heterocycles. The van der Waals surface area contributed by atoms with Gasteiger partial charge in [-0.1, -0.05) is 86.1 Å². The Morgan fingerprint density at radius 1 is 0.533 bits per heavy atom. The number of hydrogen-bond acceptors (Lipinski definition) is 8. The molecule has 8 aromatic rings. The maximum absolute atomic E-state index is 14.8. The van der Waals surface area contributed by atoms with Crippen molar-refractivity contribution in [3.8, 4) is 32.0 Å². The second-order valence-corrected chi connectivity index (χ2v) is 18.5. The van der Waals surface area contributed by atoms with E-state index in [4.69, 9.17) is 4.74 Å². The Hall–Kier alpha value is -6.26. The summed E-state index contributed by atoms with van der Waals surface area (Å²) in [5, 5.41) is 4.14. The van der Waals surface area contributed by atoms with Crippen LogP contribution in [0.3, 0.4) is 0 Å². The van der Waals surface area contributed by atoms with Crippen LogP contribution in [0.1, 0.15) is 30.9 Å². The zero-order chi connectivity index (χ0) is 41.2. The Bertz CT molecular complexity index is 2870. The molecule has 0 unspecified atom stereocenters. The highest BCUT2D eigenvalue weighted by Crippen LogP contribution is 2.49. The molecule has 2 aromatic heterocycles. The van der Waals surface area contributed by atoms with Gasteiger partial charge in [-0.05, 0) is 131 Å². The van der Waals surface area contributed by atoms with Crippen molar-refractivity contribution < 1.29 is 17.9 Å². The molecule has 6 nitrogen and oxygen atoms in total. The monoisotopic (exact) mass is 842 g/mol. The van der Waals surface area contributed by atoms with E-state index in [-0.39, 0.29) is 15.8 Å². The third-order valence-electron chi connectivity index (χ3n) is 11.0. The number of carbonyl (C=O) groups is 1. The van der Waals surface area contributed by atoms with E-state index in [0.717, 1.165) is 63.7 Å². The number of carbonyl (C=O) groups excluding carboxylic acids is 1. The summed E-state index contributed by atoms with van der Waals surface area (Å²) in [7, 11) is -2.51. The summed E-state index contributed by atoms with van der Waals surface area (Å²) in [5.41, 5.74) is 11.0. The van der Waals surface area contributed by atoms with Crippen LogP contribution < -0.4 is 9.80 Å². The lowest BCUT2D eigenvalue weighted by Gasteiger charge is -2.26. The van der Waals surface area contributed by atoms with E-state index in [9.17, 15) is 13.2 Å². The molecule has 3 heterocycles. The minimum absolute atomic E-state index is 0.253. The van der Waals surface area contributed by atoms with Gasteiger partial charge >= 0.3 is 5.97 Å². The van der Waals surface area contributed by atoms with Gasteiger partial charge in [0, 0.05) is 61.4 Å². The standard InChI is InChI=1S/C51H42N2O4S3/c1-3-6-35-9-18-39(19-10-35)52(41-22-14-37(15-23-41)47-7-4-31-58-47)43-26-28-45-46-29-27-44(34-50(46)60(55,56)49(45)33-43)53(40-20-11-36(12-21-40)13-30-51(54)57-2)42-24-16-38(17-25-42)48-8-5-32-59-48/h4-5,7-12,14-29,31-34H,3,6,13,30H2,1-2H3. The van der Waals surface area contributed by atoms with Gasteiger partial charge in [0.1, 0.15) is 0 Å². The number of sulfone groups is 1. The third kappa shape index (κ3) is 7.68. The molecule has 0 N–H and O–H groups in total. The molecule has 1 aliphatic heterocycles. The van der Waals surface area contributed by atoms with E-state index in [1.165, 1.54) is 22.4 Å². The lowest BCUT2D eigenvalue weighted by Crippen LogP contribution is -2.11. The SMILES string of the molecule is CCCc1ccc(N(c2ccc(-c3cccs3)cc2)c2ccc3c(c2)S(=O)(=O)c2cc(N(c4ccc(CCC(=O)OC)cc4)c4ccc(-c5cccs5)cc4)ccc2-3)cc1. The fourth-order valence-corrected chi connectivity index (χ4v) is 11.1. The van der Waals surface area contributed by atoms with Crippen molar-refractivity contribution >= 4 is 72.6 Å². The van der Waals surface area contributed by atoms with Gasteiger partial charge in [0.15, 0.2) is 0 Å². The average molecular weight is 843 g/mol. The van der Waals surface area contributed by atoms with Crippen LogP contribution in [-0.4, -0.2) is 21.5 Å².